The molecule has 1 aromatic rings. The van der Waals surface area contributed by atoms with Crippen LogP contribution < -0.4 is 5.73 Å². The first-order valence-electron chi connectivity index (χ1n) is 3.80. The van der Waals surface area contributed by atoms with Gasteiger partial charge in [-0.15, -0.1) is 0 Å². The Morgan fingerprint density at radius 2 is 2.00 bits per heavy atom. The molecule has 0 fully saturated rings. The molecule has 0 spiro atoms. The second kappa shape index (κ2) is 4.59. The van der Waals surface area contributed by atoms with Crippen molar-refractivity contribution in [1.82, 2.24) is 4.98 Å². The molecule has 0 radical (unpaired) electrons. The Balaban J connectivity index is 3.01. The van der Waals surface area contributed by atoms with E-state index in [1.807, 2.05) is 0 Å². The number of aromatic nitrogens is 1. The maximum Gasteiger partial charge on any atom is 0.173 e. The first-order chi connectivity index (χ1) is 6.49. The molecule has 1 aromatic heterocycles. The quantitative estimate of drug-likeness (QED) is 0.465. The van der Waals surface area contributed by atoms with Crippen molar-refractivity contribution in [3.63, 3.8) is 0 Å². The van der Waals surface area contributed by atoms with Crippen molar-refractivity contribution in [3.05, 3.63) is 28.0 Å². The van der Waals surface area contributed by atoms with Crippen molar-refractivity contribution < 1.29 is 5.11 Å². The molecule has 0 aliphatic rings. The monoisotopic (exact) mass is 233 g/mol. The number of amidine groups is 1. The molecule has 3 N–H and O–H groups in total. The van der Waals surface area contributed by atoms with Gasteiger partial charge in [0, 0.05) is 5.56 Å². The normalized spacial score (nSPS) is 14.1. The number of aliphatic imine (C=N–C) groups is 1. The van der Waals surface area contributed by atoms with Crippen LogP contribution in [0, 0.1) is 0 Å². The third-order valence-electron chi connectivity index (χ3n) is 1.41. The third kappa shape index (κ3) is 3.14. The number of hydrogen-bond acceptors (Lipinski definition) is 3. The van der Waals surface area contributed by atoms with Crippen LogP contribution in [-0.4, -0.2) is 15.9 Å². The largest absolute Gasteiger partial charge is 0.388 e. The number of rotatable bonds is 2. The van der Waals surface area contributed by atoms with Crippen LogP contribution in [0.5, 0.6) is 0 Å². The van der Waals surface area contributed by atoms with E-state index in [0.29, 0.717) is 5.56 Å². The lowest BCUT2D eigenvalue weighted by Gasteiger charge is -2.06. The Kier molecular flexibility index (Phi) is 3.69. The highest BCUT2D eigenvalue weighted by Gasteiger charge is 2.08. The molecule has 14 heavy (non-hydrogen) atoms. The molecule has 1 atom stereocenters. The van der Waals surface area contributed by atoms with Crippen molar-refractivity contribution in [2.45, 2.75) is 13.2 Å². The summed E-state index contributed by atoms with van der Waals surface area (Å²) < 4.78 is 0. The molecule has 1 unspecified atom stereocenters. The first-order valence-corrected chi connectivity index (χ1v) is 4.55. The van der Waals surface area contributed by atoms with Gasteiger partial charge in [-0.25, -0.2) is 9.98 Å². The lowest BCUT2D eigenvalue weighted by atomic mass is 10.2. The SMILES string of the molecule is CC(N)=NC(O)c1cc(Cl)nc(Cl)c1. The van der Waals surface area contributed by atoms with Gasteiger partial charge in [0.1, 0.15) is 10.3 Å². The van der Waals surface area contributed by atoms with Gasteiger partial charge in [-0.05, 0) is 19.1 Å². The van der Waals surface area contributed by atoms with Crippen LogP contribution >= 0.6 is 23.2 Å². The minimum atomic E-state index is -1.06. The predicted octanol–water partition coefficient (Wildman–Crippen LogP) is 1.76. The van der Waals surface area contributed by atoms with Crippen molar-refractivity contribution >= 4 is 29.0 Å². The molecule has 4 nitrogen and oxygen atoms in total. The van der Waals surface area contributed by atoms with Crippen LogP contribution in [0.1, 0.15) is 18.7 Å². The fraction of sp³-hybridized carbons (Fsp3) is 0.250. The van der Waals surface area contributed by atoms with E-state index in [-0.39, 0.29) is 16.1 Å². The maximum atomic E-state index is 9.53. The van der Waals surface area contributed by atoms with Gasteiger partial charge in [-0.2, -0.15) is 0 Å². The zero-order valence-corrected chi connectivity index (χ0v) is 8.92. The van der Waals surface area contributed by atoms with Gasteiger partial charge in [-0.1, -0.05) is 23.2 Å². The van der Waals surface area contributed by atoms with E-state index in [1.54, 1.807) is 6.92 Å². The summed E-state index contributed by atoms with van der Waals surface area (Å²) >= 11 is 11.3. The predicted molar refractivity (Wildman–Crippen MR) is 56.5 cm³/mol. The lowest BCUT2D eigenvalue weighted by Crippen LogP contribution is -2.08. The summed E-state index contributed by atoms with van der Waals surface area (Å²) in [6, 6.07) is 2.95. The number of nitrogens with two attached hydrogens (primary N) is 1. The highest BCUT2D eigenvalue weighted by atomic mass is 35.5. The second-order valence-electron chi connectivity index (χ2n) is 2.69. The van der Waals surface area contributed by atoms with Gasteiger partial charge < -0.3 is 10.8 Å². The zero-order valence-electron chi connectivity index (χ0n) is 7.41. The van der Waals surface area contributed by atoms with E-state index in [0.717, 1.165) is 0 Å². The summed E-state index contributed by atoms with van der Waals surface area (Å²) in [5, 5.41) is 9.94. The standard InChI is InChI=1S/C8H9Cl2N3O/c1-4(11)12-8(14)5-2-6(9)13-7(10)3-5/h2-3,8,14H,1H3,(H2,11,12). The molecule has 6 heteroatoms. The molecule has 0 saturated heterocycles. The number of aliphatic hydroxyl groups is 1. The summed E-state index contributed by atoms with van der Waals surface area (Å²) in [6.07, 6.45) is -1.06. The smallest absolute Gasteiger partial charge is 0.173 e. The number of aliphatic hydroxyl groups excluding tert-OH is 1. The van der Waals surface area contributed by atoms with Gasteiger partial charge in [0.15, 0.2) is 6.23 Å². The minimum absolute atomic E-state index is 0.205. The fourth-order valence-electron chi connectivity index (χ4n) is 0.900. The second-order valence-corrected chi connectivity index (χ2v) is 3.46. The van der Waals surface area contributed by atoms with Crippen molar-refractivity contribution in [2.75, 3.05) is 0 Å². The number of pyridine rings is 1. The fourth-order valence-corrected chi connectivity index (χ4v) is 1.38. The van der Waals surface area contributed by atoms with Crippen molar-refractivity contribution in [1.29, 1.82) is 0 Å². The van der Waals surface area contributed by atoms with E-state index in [2.05, 4.69) is 9.98 Å². The molecule has 0 saturated carbocycles. The van der Waals surface area contributed by atoms with Crippen molar-refractivity contribution in [2.24, 2.45) is 10.7 Å². The van der Waals surface area contributed by atoms with Crippen LogP contribution in [0.25, 0.3) is 0 Å². The molecular formula is C8H9Cl2N3O. The van der Waals surface area contributed by atoms with E-state index in [9.17, 15) is 5.11 Å². The average Bonchev–Trinajstić information content (AvgIpc) is 2.00. The molecule has 1 rings (SSSR count). The minimum Gasteiger partial charge on any atom is -0.388 e. The Bertz CT molecular complexity index is 343. The molecule has 0 aliphatic carbocycles. The van der Waals surface area contributed by atoms with Gasteiger partial charge in [0.05, 0.1) is 5.84 Å². The number of hydrogen-bond donors (Lipinski definition) is 2. The Morgan fingerprint density at radius 1 is 1.50 bits per heavy atom. The van der Waals surface area contributed by atoms with Crippen LogP contribution in [0.3, 0.4) is 0 Å². The van der Waals surface area contributed by atoms with Gasteiger partial charge in [0.25, 0.3) is 0 Å². The third-order valence-corrected chi connectivity index (χ3v) is 1.80. The Hall–Kier alpha value is -0.840. The summed E-state index contributed by atoms with van der Waals surface area (Å²) in [7, 11) is 0. The van der Waals surface area contributed by atoms with Crippen molar-refractivity contribution in [3.8, 4) is 0 Å². The summed E-state index contributed by atoms with van der Waals surface area (Å²) in [5.41, 5.74) is 5.77. The Labute approximate surface area is 91.4 Å². The van der Waals surface area contributed by atoms with E-state index in [1.165, 1.54) is 12.1 Å². The first kappa shape index (κ1) is 11.2. The van der Waals surface area contributed by atoms with Gasteiger partial charge >= 0.3 is 0 Å². The molecule has 0 aromatic carbocycles. The highest BCUT2D eigenvalue weighted by molar-refractivity contribution is 6.32. The van der Waals surface area contributed by atoms with Crippen LogP contribution in [0.4, 0.5) is 0 Å². The summed E-state index contributed by atoms with van der Waals surface area (Å²) in [4.78, 5) is 7.47. The zero-order chi connectivity index (χ0) is 10.7. The Morgan fingerprint density at radius 3 is 2.43 bits per heavy atom. The molecule has 0 amide bonds. The number of halogens is 2. The van der Waals surface area contributed by atoms with Crippen LogP contribution in [-0.2, 0) is 0 Å². The molecule has 0 bridgehead atoms. The van der Waals surface area contributed by atoms with E-state index >= 15 is 0 Å². The topological polar surface area (TPSA) is 71.5 Å². The van der Waals surface area contributed by atoms with E-state index < -0.39 is 6.23 Å². The maximum absolute atomic E-state index is 9.53. The summed E-state index contributed by atoms with van der Waals surface area (Å²) in [6.45, 7) is 1.58. The highest BCUT2D eigenvalue weighted by Crippen LogP contribution is 2.21. The molecule has 0 aliphatic heterocycles. The van der Waals surface area contributed by atoms with Gasteiger partial charge in [0.2, 0.25) is 0 Å². The average molecular weight is 234 g/mol. The lowest BCUT2D eigenvalue weighted by molar-refractivity contribution is 0.188. The van der Waals surface area contributed by atoms with Crippen LogP contribution in [0.2, 0.25) is 10.3 Å². The molecular weight excluding hydrogens is 225 g/mol. The van der Waals surface area contributed by atoms with Crippen LogP contribution in [0.15, 0.2) is 17.1 Å². The van der Waals surface area contributed by atoms with Gasteiger partial charge in [-0.3, -0.25) is 0 Å². The molecule has 1 heterocycles. The molecule has 76 valence electrons. The van der Waals surface area contributed by atoms with E-state index in [4.69, 9.17) is 28.9 Å². The summed E-state index contributed by atoms with van der Waals surface area (Å²) in [5.74, 6) is 0.279. The number of nitrogens with zero attached hydrogens (tertiary/aromatic N) is 2.